The number of fused-ring (bicyclic) bond motifs is 1. The maximum Gasteiger partial charge on any atom is 0.410 e. The summed E-state index contributed by atoms with van der Waals surface area (Å²) < 4.78 is 5.33. The molecule has 0 radical (unpaired) electrons. The maximum absolute atomic E-state index is 12.0. The van der Waals surface area contributed by atoms with Gasteiger partial charge in [0.25, 0.3) is 0 Å². The molecule has 0 saturated heterocycles. The van der Waals surface area contributed by atoms with E-state index in [0.717, 1.165) is 5.56 Å². The predicted molar refractivity (Wildman–Crippen MR) is 71.8 cm³/mol. The molecule has 0 spiro atoms. The molecule has 0 aromatic carbocycles. The summed E-state index contributed by atoms with van der Waals surface area (Å²) in [7, 11) is 0. The molecule has 0 bridgehead atoms. The largest absolute Gasteiger partial charge is 0.444 e. The Morgan fingerprint density at radius 1 is 1.42 bits per heavy atom. The van der Waals surface area contributed by atoms with Crippen LogP contribution >= 0.6 is 11.6 Å². The molecule has 1 amide bonds. The van der Waals surface area contributed by atoms with E-state index in [0.29, 0.717) is 31.0 Å². The molecule has 0 aliphatic carbocycles. The van der Waals surface area contributed by atoms with Crippen molar-refractivity contribution in [2.45, 2.75) is 39.3 Å². The van der Waals surface area contributed by atoms with Gasteiger partial charge in [-0.15, -0.1) is 0 Å². The summed E-state index contributed by atoms with van der Waals surface area (Å²) in [5.41, 5.74) is 6.84. The number of carbonyl (C=O) groups excluding carboxylic acids is 1. The Balaban J connectivity index is 2.16. The van der Waals surface area contributed by atoms with E-state index in [1.165, 1.54) is 0 Å². The Morgan fingerprint density at radius 2 is 2.11 bits per heavy atom. The van der Waals surface area contributed by atoms with Crippen LogP contribution < -0.4 is 5.73 Å². The predicted octanol–water partition coefficient (Wildman–Crippen LogP) is 2.01. The van der Waals surface area contributed by atoms with Crippen molar-refractivity contribution in [2.24, 2.45) is 0 Å². The van der Waals surface area contributed by atoms with Gasteiger partial charge in [-0.25, -0.2) is 14.8 Å². The molecule has 2 rings (SSSR count). The second-order valence-corrected chi connectivity index (χ2v) is 5.79. The molecule has 0 saturated carbocycles. The van der Waals surface area contributed by atoms with Gasteiger partial charge in [-0.2, -0.15) is 0 Å². The van der Waals surface area contributed by atoms with E-state index < -0.39 is 5.60 Å². The number of rotatable bonds is 0. The molecule has 0 fully saturated rings. The molecule has 0 atom stereocenters. The normalized spacial score (nSPS) is 15.1. The van der Waals surface area contributed by atoms with Gasteiger partial charge in [0.2, 0.25) is 5.28 Å². The molecule has 6 nitrogen and oxygen atoms in total. The van der Waals surface area contributed by atoms with E-state index >= 15 is 0 Å². The standard InChI is InChI=1S/C12H17ClN4O2/c1-12(2,3)19-11(18)17-5-4-7-8(6-17)15-10(13)16-9(7)14/h4-6H2,1-3H3,(H2,14,15,16). The van der Waals surface area contributed by atoms with Crippen LogP contribution in [-0.4, -0.2) is 33.1 Å². The lowest BCUT2D eigenvalue weighted by molar-refractivity contribution is 0.0221. The number of halogens is 1. The number of nitrogen functional groups attached to an aromatic ring is 1. The maximum atomic E-state index is 12.0. The molecule has 19 heavy (non-hydrogen) atoms. The number of nitrogens with zero attached hydrogens (tertiary/aromatic N) is 3. The first-order valence-electron chi connectivity index (χ1n) is 6.05. The third-order valence-electron chi connectivity index (χ3n) is 2.72. The highest BCUT2D eigenvalue weighted by atomic mass is 35.5. The number of ether oxygens (including phenoxy) is 1. The summed E-state index contributed by atoms with van der Waals surface area (Å²) in [6.07, 6.45) is 0.254. The van der Waals surface area contributed by atoms with Crippen molar-refractivity contribution in [3.05, 3.63) is 16.5 Å². The minimum absolute atomic E-state index is 0.0993. The smallest absolute Gasteiger partial charge is 0.410 e. The SMILES string of the molecule is CC(C)(C)OC(=O)N1CCc2c(N)nc(Cl)nc2C1. The molecule has 7 heteroatoms. The summed E-state index contributed by atoms with van der Waals surface area (Å²) in [5.74, 6) is 0.388. The monoisotopic (exact) mass is 284 g/mol. The third-order valence-corrected chi connectivity index (χ3v) is 2.89. The fourth-order valence-corrected chi connectivity index (χ4v) is 2.10. The molecule has 1 aliphatic heterocycles. The van der Waals surface area contributed by atoms with Crippen LogP contribution in [0.25, 0.3) is 0 Å². The number of hydrogen-bond acceptors (Lipinski definition) is 5. The summed E-state index contributed by atoms with van der Waals surface area (Å²) in [5, 5.41) is 0.0993. The number of anilines is 1. The van der Waals surface area contributed by atoms with Crippen molar-refractivity contribution in [1.82, 2.24) is 14.9 Å². The molecule has 104 valence electrons. The summed E-state index contributed by atoms with van der Waals surface area (Å²) in [4.78, 5) is 21.6. The first-order valence-corrected chi connectivity index (χ1v) is 6.43. The molecular formula is C12H17ClN4O2. The molecule has 2 heterocycles. The quantitative estimate of drug-likeness (QED) is 0.737. The van der Waals surface area contributed by atoms with Gasteiger partial charge in [0.15, 0.2) is 0 Å². The van der Waals surface area contributed by atoms with Crippen molar-refractivity contribution in [1.29, 1.82) is 0 Å². The highest BCUT2D eigenvalue weighted by Crippen LogP contribution is 2.24. The zero-order valence-corrected chi connectivity index (χ0v) is 12.0. The Hall–Kier alpha value is -1.56. The van der Waals surface area contributed by atoms with E-state index in [1.807, 2.05) is 20.8 Å². The minimum atomic E-state index is -0.514. The first-order chi connectivity index (χ1) is 8.76. The van der Waals surface area contributed by atoms with E-state index in [2.05, 4.69) is 9.97 Å². The number of hydrogen-bond donors (Lipinski definition) is 1. The second kappa shape index (κ2) is 4.85. The summed E-state index contributed by atoms with van der Waals surface area (Å²) in [6, 6.07) is 0. The van der Waals surface area contributed by atoms with Crippen LogP contribution in [0.15, 0.2) is 0 Å². The Labute approximate surface area is 116 Å². The number of nitrogens with two attached hydrogens (primary N) is 1. The van der Waals surface area contributed by atoms with Gasteiger partial charge in [-0.3, -0.25) is 0 Å². The van der Waals surface area contributed by atoms with Gasteiger partial charge in [-0.1, -0.05) is 0 Å². The average molecular weight is 285 g/mol. The summed E-state index contributed by atoms with van der Waals surface area (Å²) >= 11 is 5.78. The topological polar surface area (TPSA) is 81.3 Å². The van der Waals surface area contributed by atoms with Gasteiger partial charge in [0.1, 0.15) is 11.4 Å². The van der Waals surface area contributed by atoms with E-state index in [-0.39, 0.29) is 11.4 Å². The van der Waals surface area contributed by atoms with Crippen LogP contribution in [0.2, 0.25) is 5.28 Å². The lowest BCUT2D eigenvalue weighted by Gasteiger charge is -2.30. The zero-order valence-electron chi connectivity index (χ0n) is 11.2. The average Bonchev–Trinajstić information content (AvgIpc) is 2.25. The first kappa shape index (κ1) is 13.9. The third kappa shape index (κ3) is 3.26. The molecule has 2 N–H and O–H groups in total. The van der Waals surface area contributed by atoms with Crippen LogP contribution in [-0.2, 0) is 17.7 Å². The van der Waals surface area contributed by atoms with Crippen LogP contribution in [0.1, 0.15) is 32.0 Å². The van der Waals surface area contributed by atoms with Crippen molar-refractivity contribution >= 4 is 23.5 Å². The van der Waals surface area contributed by atoms with Crippen molar-refractivity contribution < 1.29 is 9.53 Å². The van der Waals surface area contributed by atoms with E-state index in [1.54, 1.807) is 4.90 Å². The van der Waals surface area contributed by atoms with Gasteiger partial charge >= 0.3 is 6.09 Å². The van der Waals surface area contributed by atoms with Crippen LogP contribution in [0.5, 0.6) is 0 Å². The molecular weight excluding hydrogens is 268 g/mol. The Morgan fingerprint density at radius 3 is 2.74 bits per heavy atom. The van der Waals surface area contributed by atoms with Gasteiger partial charge < -0.3 is 15.4 Å². The highest BCUT2D eigenvalue weighted by Gasteiger charge is 2.27. The highest BCUT2D eigenvalue weighted by molar-refractivity contribution is 6.28. The van der Waals surface area contributed by atoms with Gasteiger partial charge in [-0.05, 0) is 38.8 Å². The number of amides is 1. The Bertz CT molecular complexity index is 513. The second-order valence-electron chi connectivity index (χ2n) is 5.46. The van der Waals surface area contributed by atoms with Crippen LogP contribution in [0.4, 0.5) is 10.6 Å². The fraction of sp³-hybridized carbons (Fsp3) is 0.583. The van der Waals surface area contributed by atoms with Crippen LogP contribution in [0.3, 0.4) is 0 Å². The van der Waals surface area contributed by atoms with Gasteiger partial charge in [0.05, 0.1) is 12.2 Å². The molecule has 0 unspecified atom stereocenters. The summed E-state index contributed by atoms with van der Waals surface area (Å²) in [6.45, 7) is 6.38. The van der Waals surface area contributed by atoms with Crippen molar-refractivity contribution in [2.75, 3.05) is 12.3 Å². The van der Waals surface area contributed by atoms with E-state index in [4.69, 9.17) is 22.1 Å². The fourth-order valence-electron chi connectivity index (χ4n) is 1.91. The van der Waals surface area contributed by atoms with E-state index in [9.17, 15) is 4.79 Å². The Kier molecular flexibility index (Phi) is 3.54. The zero-order chi connectivity index (χ0) is 14.2. The van der Waals surface area contributed by atoms with Crippen LogP contribution in [0, 0.1) is 0 Å². The molecule has 1 aliphatic rings. The minimum Gasteiger partial charge on any atom is -0.444 e. The van der Waals surface area contributed by atoms with Crippen molar-refractivity contribution in [3.63, 3.8) is 0 Å². The number of carbonyl (C=O) groups is 1. The van der Waals surface area contributed by atoms with Gasteiger partial charge in [0, 0.05) is 12.1 Å². The lowest BCUT2D eigenvalue weighted by Crippen LogP contribution is -2.40. The molecule has 1 aromatic heterocycles. The number of aromatic nitrogens is 2. The van der Waals surface area contributed by atoms with Crippen molar-refractivity contribution in [3.8, 4) is 0 Å². The molecule has 1 aromatic rings. The lowest BCUT2D eigenvalue weighted by atomic mass is 10.1.